The maximum Gasteiger partial charge on any atom is 0.208 e. The molecule has 6 aromatic rings. The van der Waals surface area contributed by atoms with E-state index in [4.69, 9.17) is 18.6 Å². The predicted molar refractivity (Wildman–Crippen MR) is 161 cm³/mol. The normalized spacial score (nSPS) is 11.0. The average Bonchev–Trinajstić information content (AvgIpc) is 3.65. The van der Waals surface area contributed by atoms with E-state index in [0.717, 1.165) is 22.4 Å². The van der Waals surface area contributed by atoms with Gasteiger partial charge in [0.2, 0.25) is 5.78 Å². The van der Waals surface area contributed by atoms with Crippen molar-refractivity contribution in [1.29, 1.82) is 0 Å². The van der Waals surface area contributed by atoms with E-state index in [2.05, 4.69) is 10.2 Å². The van der Waals surface area contributed by atoms with Gasteiger partial charge in [0.1, 0.15) is 22.9 Å². The van der Waals surface area contributed by atoms with E-state index in [1.807, 2.05) is 102 Å². The van der Waals surface area contributed by atoms with Gasteiger partial charge in [-0.15, -0.1) is 10.2 Å². The monoisotopic (exact) mass is 577 g/mol. The second kappa shape index (κ2) is 12.2. The summed E-state index contributed by atoms with van der Waals surface area (Å²) in [7, 11) is 3.21. The minimum Gasteiger partial charge on any atom is -0.493 e. The number of Topliss-reactive ketones (excluding diaryl/α,β-unsaturated/α-hetero) is 1. The molecule has 0 spiro atoms. The number of para-hydroxylation sites is 2. The van der Waals surface area contributed by atoms with Crippen LogP contribution in [0.5, 0.6) is 23.0 Å². The molecule has 6 rings (SSSR count). The van der Waals surface area contributed by atoms with Crippen molar-refractivity contribution in [2.45, 2.75) is 11.6 Å². The summed E-state index contributed by atoms with van der Waals surface area (Å²) >= 11 is 1.31. The third-order valence-corrected chi connectivity index (χ3v) is 7.55. The molecule has 0 atom stereocenters. The van der Waals surface area contributed by atoms with Gasteiger partial charge in [-0.3, -0.25) is 9.36 Å². The van der Waals surface area contributed by atoms with Crippen molar-refractivity contribution in [3.8, 4) is 28.7 Å². The van der Waals surface area contributed by atoms with E-state index in [9.17, 15) is 4.79 Å². The molecule has 2 aromatic heterocycles. The van der Waals surface area contributed by atoms with Crippen LogP contribution < -0.4 is 14.2 Å². The number of aromatic nitrogens is 3. The fourth-order valence-electron chi connectivity index (χ4n) is 4.55. The number of hydrogen-bond acceptors (Lipinski definition) is 8. The van der Waals surface area contributed by atoms with E-state index < -0.39 is 0 Å². The number of carbonyl (C=O) groups is 1. The molecular formula is C33H27N3O5S. The van der Waals surface area contributed by atoms with Crippen molar-refractivity contribution in [2.75, 3.05) is 20.0 Å². The van der Waals surface area contributed by atoms with Crippen LogP contribution in [0, 0.1) is 0 Å². The standard InChI is InChI=1S/C33H27N3O5S/c1-38-29-17-12-22(18-31(29)39-2)19-32-34-35-33(42-21-27(37)30-20-23-8-6-7-11-28(23)41-30)36(32)24-13-15-26(16-14-24)40-25-9-4-3-5-10-25/h3-18,20H,19,21H2,1-2H3. The van der Waals surface area contributed by atoms with E-state index >= 15 is 0 Å². The van der Waals surface area contributed by atoms with Crippen LogP contribution >= 0.6 is 11.8 Å². The van der Waals surface area contributed by atoms with Gasteiger partial charge in [0.05, 0.1) is 20.0 Å². The average molecular weight is 578 g/mol. The summed E-state index contributed by atoms with van der Waals surface area (Å²) in [6, 6.07) is 32.4. The minimum absolute atomic E-state index is 0.126. The molecule has 0 aliphatic heterocycles. The smallest absolute Gasteiger partial charge is 0.208 e. The van der Waals surface area contributed by atoms with Crippen LogP contribution in [0.25, 0.3) is 16.7 Å². The van der Waals surface area contributed by atoms with Gasteiger partial charge in [-0.05, 0) is 66.2 Å². The molecule has 0 amide bonds. The van der Waals surface area contributed by atoms with Crippen molar-refractivity contribution < 1.29 is 23.4 Å². The molecule has 2 heterocycles. The molecule has 0 N–H and O–H groups in total. The van der Waals surface area contributed by atoms with Gasteiger partial charge in [0.15, 0.2) is 22.4 Å². The molecule has 42 heavy (non-hydrogen) atoms. The molecule has 0 aliphatic rings. The quantitative estimate of drug-likeness (QED) is 0.116. The summed E-state index contributed by atoms with van der Waals surface area (Å²) in [6.07, 6.45) is 0.480. The van der Waals surface area contributed by atoms with Crippen LogP contribution in [0.2, 0.25) is 0 Å². The maximum absolute atomic E-state index is 13.1. The molecule has 0 bridgehead atoms. The number of hydrogen-bond donors (Lipinski definition) is 0. The highest BCUT2D eigenvalue weighted by Gasteiger charge is 2.19. The SMILES string of the molecule is COc1ccc(Cc2nnc(SCC(=O)c3cc4ccccc4o3)n2-c2ccc(Oc3ccccc3)cc2)cc1OC. The first-order valence-corrected chi connectivity index (χ1v) is 14.2. The zero-order valence-corrected chi connectivity index (χ0v) is 23.8. The predicted octanol–water partition coefficient (Wildman–Crippen LogP) is 7.39. The zero-order chi connectivity index (χ0) is 28.9. The van der Waals surface area contributed by atoms with Crippen LogP contribution in [0.15, 0.2) is 113 Å². The number of ether oxygens (including phenoxy) is 3. The second-order valence-corrected chi connectivity index (χ2v) is 10.3. The Bertz CT molecular complexity index is 1800. The molecule has 0 saturated heterocycles. The fourth-order valence-corrected chi connectivity index (χ4v) is 5.39. The number of rotatable bonds is 11. The third kappa shape index (κ3) is 5.87. The summed E-state index contributed by atoms with van der Waals surface area (Å²) in [5.74, 6) is 3.78. The molecule has 9 heteroatoms. The Labute approximate surface area is 246 Å². The van der Waals surface area contributed by atoms with E-state index in [-0.39, 0.29) is 11.5 Å². The Morgan fingerprint density at radius 3 is 2.31 bits per heavy atom. The lowest BCUT2D eigenvalue weighted by Gasteiger charge is -2.13. The fraction of sp³-hybridized carbons (Fsp3) is 0.121. The van der Waals surface area contributed by atoms with E-state index in [0.29, 0.717) is 46.0 Å². The van der Waals surface area contributed by atoms with Crippen molar-refractivity contribution >= 4 is 28.5 Å². The lowest BCUT2D eigenvalue weighted by molar-refractivity contribution is 0.0994. The first-order valence-electron chi connectivity index (χ1n) is 13.2. The Morgan fingerprint density at radius 1 is 0.810 bits per heavy atom. The highest BCUT2D eigenvalue weighted by molar-refractivity contribution is 7.99. The summed E-state index contributed by atoms with van der Waals surface area (Å²) in [5, 5.41) is 10.5. The Morgan fingerprint density at radius 2 is 1.55 bits per heavy atom. The van der Waals surface area contributed by atoms with Crippen molar-refractivity contribution in [3.05, 3.63) is 120 Å². The van der Waals surface area contributed by atoms with Gasteiger partial charge < -0.3 is 18.6 Å². The molecular weight excluding hydrogens is 550 g/mol. The zero-order valence-electron chi connectivity index (χ0n) is 23.0. The molecule has 4 aromatic carbocycles. The van der Waals surface area contributed by atoms with Gasteiger partial charge in [0.25, 0.3) is 0 Å². The Kier molecular flexibility index (Phi) is 7.91. The van der Waals surface area contributed by atoms with E-state index in [1.165, 1.54) is 11.8 Å². The number of ketones is 1. The molecule has 8 nitrogen and oxygen atoms in total. The van der Waals surface area contributed by atoms with Gasteiger partial charge in [-0.25, -0.2) is 0 Å². The molecule has 0 radical (unpaired) electrons. The molecule has 0 unspecified atom stereocenters. The van der Waals surface area contributed by atoms with Crippen molar-refractivity contribution in [2.24, 2.45) is 0 Å². The Hall–Kier alpha value is -5.02. The second-order valence-electron chi connectivity index (χ2n) is 9.37. The van der Waals surface area contributed by atoms with Gasteiger partial charge in [-0.1, -0.05) is 54.2 Å². The number of thioether (sulfide) groups is 1. The van der Waals surface area contributed by atoms with Crippen LogP contribution in [0.3, 0.4) is 0 Å². The summed E-state index contributed by atoms with van der Waals surface area (Å²) in [4.78, 5) is 13.1. The van der Waals surface area contributed by atoms with Crippen molar-refractivity contribution in [1.82, 2.24) is 14.8 Å². The first-order chi connectivity index (χ1) is 20.6. The van der Waals surface area contributed by atoms with Gasteiger partial charge in [-0.2, -0.15) is 0 Å². The molecule has 0 saturated carbocycles. The van der Waals surface area contributed by atoms with Gasteiger partial charge >= 0.3 is 0 Å². The lowest BCUT2D eigenvalue weighted by Crippen LogP contribution is -2.06. The summed E-state index contributed by atoms with van der Waals surface area (Å²) in [6.45, 7) is 0. The first kappa shape index (κ1) is 27.2. The van der Waals surface area contributed by atoms with Gasteiger partial charge in [0, 0.05) is 17.5 Å². The molecule has 0 fully saturated rings. The van der Waals surface area contributed by atoms with Crippen molar-refractivity contribution in [3.63, 3.8) is 0 Å². The summed E-state index contributed by atoms with van der Waals surface area (Å²) < 4.78 is 24.6. The van der Waals surface area contributed by atoms with Crippen LogP contribution in [-0.4, -0.2) is 40.5 Å². The third-order valence-electron chi connectivity index (χ3n) is 6.62. The highest BCUT2D eigenvalue weighted by Crippen LogP contribution is 2.31. The molecule has 210 valence electrons. The van der Waals surface area contributed by atoms with Crippen LogP contribution in [-0.2, 0) is 6.42 Å². The largest absolute Gasteiger partial charge is 0.493 e. The van der Waals surface area contributed by atoms with Crippen LogP contribution in [0.1, 0.15) is 21.9 Å². The van der Waals surface area contributed by atoms with Crippen LogP contribution in [0.4, 0.5) is 0 Å². The number of fused-ring (bicyclic) bond motifs is 1. The lowest BCUT2D eigenvalue weighted by atomic mass is 10.1. The minimum atomic E-state index is -0.126. The Balaban J connectivity index is 1.29. The number of carbonyl (C=O) groups excluding carboxylic acids is 1. The highest BCUT2D eigenvalue weighted by atomic mass is 32.2. The molecule has 0 aliphatic carbocycles. The number of nitrogens with zero attached hydrogens (tertiary/aromatic N) is 3. The number of methoxy groups -OCH3 is 2. The number of benzene rings is 4. The summed E-state index contributed by atoms with van der Waals surface area (Å²) in [5.41, 5.74) is 2.50. The maximum atomic E-state index is 13.1. The number of furan rings is 1. The van der Waals surface area contributed by atoms with E-state index in [1.54, 1.807) is 20.3 Å². The topological polar surface area (TPSA) is 88.6 Å².